The van der Waals surface area contributed by atoms with Gasteiger partial charge in [-0.1, -0.05) is 0 Å². The summed E-state index contributed by atoms with van der Waals surface area (Å²) in [6.45, 7) is 2.11. The number of fused-ring (bicyclic) bond motifs is 1. The van der Waals surface area contributed by atoms with Crippen molar-refractivity contribution in [2.75, 3.05) is 12.1 Å². The van der Waals surface area contributed by atoms with Gasteiger partial charge in [0.2, 0.25) is 0 Å². The van der Waals surface area contributed by atoms with Crippen LogP contribution in [0.3, 0.4) is 0 Å². The third kappa shape index (κ3) is 2.86. The molecule has 20 heavy (non-hydrogen) atoms. The van der Waals surface area contributed by atoms with Crippen LogP contribution in [0.2, 0.25) is 0 Å². The molecule has 1 heterocycles. The van der Waals surface area contributed by atoms with Gasteiger partial charge in [0.05, 0.1) is 5.52 Å². The lowest BCUT2D eigenvalue weighted by Crippen LogP contribution is -2.19. The number of hydrogen-bond donors (Lipinski definition) is 0. The molecule has 0 N–H and O–H groups in total. The fourth-order valence-corrected chi connectivity index (χ4v) is 2.57. The van der Waals surface area contributed by atoms with E-state index < -0.39 is 22.4 Å². The molecule has 7 heteroatoms. The van der Waals surface area contributed by atoms with Gasteiger partial charge in [-0.05, 0) is 19.1 Å². The van der Waals surface area contributed by atoms with Gasteiger partial charge in [-0.3, -0.25) is 4.21 Å². The van der Waals surface area contributed by atoms with Crippen LogP contribution in [-0.4, -0.2) is 31.1 Å². The Labute approximate surface area is 123 Å². The number of aromatic nitrogens is 2. The van der Waals surface area contributed by atoms with Gasteiger partial charge in [-0.25, -0.2) is 13.8 Å². The summed E-state index contributed by atoms with van der Waals surface area (Å²) in [6, 6.07) is 2.50. The smallest absolute Gasteiger partial charge is 0.184 e. The van der Waals surface area contributed by atoms with Gasteiger partial charge in [-0.2, -0.15) is 0 Å². The first-order chi connectivity index (χ1) is 9.45. The predicted molar refractivity (Wildman–Crippen MR) is 77.6 cm³/mol. The summed E-state index contributed by atoms with van der Waals surface area (Å²) in [5.74, 6) is -0.931. The number of hydrogen-bond acceptors (Lipinski definition) is 2. The number of halogens is 3. The van der Waals surface area contributed by atoms with Crippen molar-refractivity contribution < 1.29 is 13.0 Å². The molecule has 0 fully saturated rings. The number of alkyl halides is 1. The van der Waals surface area contributed by atoms with E-state index >= 15 is 0 Å². The third-order valence-electron chi connectivity index (χ3n) is 3.20. The highest BCUT2D eigenvalue weighted by molar-refractivity contribution is 7.84. The Bertz CT molecular complexity index is 659. The maximum absolute atomic E-state index is 14.0. The van der Waals surface area contributed by atoms with Gasteiger partial charge >= 0.3 is 0 Å². The molecule has 0 amide bonds. The van der Waals surface area contributed by atoms with Gasteiger partial charge in [0.15, 0.2) is 11.6 Å². The molecule has 0 saturated heterocycles. The molecule has 0 saturated carbocycles. The van der Waals surface area contributed by atoms with Gasteiger partial charge in [0.1, 0.15) is 11.3 Å². The highest BCUT2D eigenvalue weighted by atomic mass is 35.5. The lowest BCUT2D eigenvalue weighted by atomic mass is 10.3. The van der Waals surface area contributed by atoms with Crippen LogP contribution < -0.4 is 0 Å². The molecule has 2 unspecified atom stereocenters. The molecular formula is C13H15ClF2N2OS. The number of nitrogens with zero attached hydrogens (tertiary/aromatic N) is 2. The zero-order valence-electron chi connectivity index (χ0n) is 11.2. The fraction of sp³-hybridized carbons (Fsp3) is 0.462. The minimum absolute atomic E-state index is 0.113. The van der Waals surface area contributed by atoms with Gasteiger partial charge < -0.3 is 4.57 Å². The van der Waals surface area contributed by atoms with Gasteiger partial charge in [0.25, 0.3) is 0 Å². The third-order valence-corrected chi connectivity index (χ3v) is 4.67. The van der Waals surface area contributed by atoms with Crippen LogP contribution >= 0.6 is 11.6 Å². The molecule has 1 aromatic carbocycles. The van der Waals surface area contributed by atoms with E-state index in [0.29, 0.717) is 30.2 Å². The summed E-state index contributed by atoms with van der Waals surface area (Å²) in [5, 5.41) is -0.191. The minimum atomic E-state index is -1.06. The first-order valence-electron chi connectivity index (χ1n) is 6.17. The van der Waals surface area contributed by atoms with Crippen LogP contribution in [0, 0.1) is 11.6 Å². The Balaban J connectivity index is 2.60. The maximum Gasteiger partial charge on any atom is 0.184 e. The van der Waals surface area contributed by atoms with Gasteiger partial charge in [0, 0.05) is 41.2 Å². The monoisotopic (exact) mass is 320 g/mol. The van der Waals surface area contributed by atoms with Crippen molar-refractivity contribution >= 4 is 33.4 Å². The van der Waals surface area contributed by atoms with Crippen LogP contribution in [0.4, 0.5) is 8.78 Å². The van der Waals surface area contributed by atoms with Crippen molar-refractivity contribution in [3.05, 3.63) is 29.6 Å². The van der Waals surface area contributed by atoms with Crippen molar-refractivity contribution in [3.8, 4) is 0 Å². The molecular weight excluding hydrogens is 306 g/mol. The quantitative estimate of drug-likeness (QED) is 0.794. The maximum atomic E-state index is 14.0. The van der Waals surface area contributed by atoms with E-state index in [1.54, 1.807) is 17.7 Å². The summed E-state index contributed by atoms with van der Waals surface area (Å²) >= 11 is 5.72. The largest absolute Gasteiger partial charge is 0.324 e. The van der Waals surface area contributed by atoms with Crippen molar-refractivity contribution in [1.82, 2.24) is 9.55 Å². The highest BCUT2D eigenvalue weighted by Gasteiger charge is 2.19. The van der Waals surface area contributed by atoms with Gasteiger partial charge in [-0.15, -0.1) is 11.6 Å². The fourth-order valence-electron chi connectivity index (χ4n) is 2.04. The van der Waals surface area contributed by atoms with E-state index in [2.05, 4.69) is 4.98 Å². The van der Waals surface area contributed by atoms with Crippen LogP contribution in [-0.2, 0) is 23.8 Å². The second-order valence-electron chi connectivity index (χ2n) is 4.62. The highest BCUT2D eigenvalue weighted by Crippen LogP contribution is 2.23. The Kier molecular flexibility index (Phi) is 4.75. The molecule has 2 rings (SSSR count). The Morgan fingerprint density at radius 3 is 2.75 bits per heavy atom. The number of benzene rings is 1. The molecule has 0 aliphatic carbocycles. The Hall–Kier alpha value is -1.01. The lowest BCUT2D eigenvalue weighted by Gasteiger charge is -2.13. The summed E-state index contributed by atoms with van der Waals surface area (Å²) in [7, 11) is -1.06. The molecule has 110 valence electrons. The lowest BCUT2D eigenvalue weighted by molar-refractivity contribution is 0.509. The summed E-state index contributed by atoms with van der Waals surface area (Å²) in [5.41, 5.74) is 0.500. The van der Waals surface area contributed by atoms with Crippen LogP contribution in [0.1, 0.15) is 12.7 Å². The molecule has 0 spiro atoms. The first kappa shape index (κ1) is 15.4. The van der Waals surface area contributed by atoms with Crippen molar-refractivity contribution in [3.63, 3.8) is 0 Å². The first-order valence-corrected chi connectivity index (χ1v) is 8.32. The van der Waals surface area contributed by atoms with E-state index in [0.717, 1.165) is 6.07 Å². The molecule has 0 bridgehead atoms. The van der Waals surface area contributed by atoms with Crippen LogP contribution in [0.5, 0.6) is 0 Å². The number of rotatable bonds is 5. The number of imidazole rings is 1. The van der Waals surface area contributed by atoms with Crippen molar-refractivity contribution in [2.45, 2.75) is 25.1 Å². The second-order valence-corrected chi connectivity index (χ2v) is 6.80. The standard InChI is InChI=1S/C13H15ClF2N2OS/c1-8(20(2)19)7-18-11(5-6-14)17-10-4-3-9(15)12(16)13(10)18/h3-4,8H,5-7H2,1-2H3. The summed E-state index contributed by atoms with van der Waals surface area (Å²) in [6.07, 6.45) is 2.03. The molecule has 3 nitrogen and oxygen atoms in total. The van der Waals surface area contributed by atoms with E-state index in [1.807, 2.05) is 0 Å². The predicted octanol–water partition coefficient (Wildman–Crippen LogP) is 2.86. The average Bonchev–Trinajstić information content (AvgIpc) is 2.73. The van der Waals surface area contributed by atoms with E-state index in [-0.39, 0.29) is 10.8 Å². The Morgan fingerprint density at radius 1 is 1.45 bits per heavy atom. The topological polar surface area (TPSA) is 34.9 Å². The van der Waals surface area contributed by atoms with Crippen molar-refractivity contribution in [2.24, 2.45) is 0 Å². The minimum Gasteiger partial charge on any atom is -0.324 e. The Morgan fingerprint density at radius 2 is 2.15 bits per heavy atom. The summed E-state index contributed by atoms with van der Waals surface area (Å²) in [4.78, 5) is 4.29. The zero-order chi connectivity index (χ0) is 14.9. The van der Waals surface area contributed by atoms with Crippen LogP contribution in [0.25, 0.3) is 11.0 Å². The number of aryl methyl sites for hydroxylation is 1. The molecule has 2 atom stereocenters. The van der Waals surface area contributed by atoms with E-state index in [4.69, 9.17) is 11.6 Å². The van der Waals surface area contributed by atoms with E-state index in [9.17, 15) is 13.0 Å². The van der Waals surface area contributed by atoms with E-state index in [1.165, 1.54) is 6.07 Å². The van der Waals surface area contributed by atoms with Crippen molar-refractivity contribution in [1.29, 1.82) is 0 Å². The average molecular weight is 321 g/mol. The second kappa shape index (κ2) is 6.18. The zero-order valence-corrected chi connectivity index (χ0v) is 12.8. The molecule has 2 aromatic rings. The normalized spacial score (nSPS) is 14.7. The summed E-state index contributed by atoms with van der Waals surface area (Å²) < 4.78 is 40.5. The molecule has 1 aromatic heterocycles. The van der Waals surface area contributed by atoms with Crippen LogP contribution in [0.15, 0.2) is 12.1 Å². The molecule has 0 aliphatic rings. The molecule has 0 radical (unpaired) electrons. The molecule has 0 aliphatic heterocycles. The SMILES string of the molecule is CC(Cn1c(CCCl)nc2ccc(F)c(F)c21)S(C)=O.